The number of benzene rings is 1. The number of ether oxygens (including phenoxy) is 2. The Morgan fingerprint density at radius 2 is 2.07 bits per heavy atom. The normalized spacial score (nSPS) is 25.3. The minimum atomic E-state index is -0.807. The Labute approximate surface area is 81.9 Å². The third-order valence-electron chi connectivity index (χ3n) is 2.26. The summed E-state index contributed by atoms with van der Waals surface area (Å²) in [5.41, 5.74) is 0.0686. The van der Waals surface area contributed by atoms with Crippen LogP contribution in [-0.2, 0) is 15.1 Å². The highest BCUT2D eigenvalue weighted by molar-refractivity contribution is 5.64. The molecule has 72 valence electrons. The van der Waals surface area contributed by atoms with E-state index < -0.39 is 11.8 Å². The molecule has 0 aromatic heterocycles. The molecular formula is C11H10O3. The molecule has 1 atom stereocenters. The lowest BCUT2D eigenvalue weighted by atomic mass is 9.95. The highest BCUT2D eigenvalue weighted by Gasteiger charge is 2.41. The second-order valence-electron chi connectivity index (χ2n) is 3.10. The lowest BCUT2D eigenvalue weighted by molar-refractivity contribution is 0.0888. The molecule has 0 spiro atoms. The average Bonchev–Trinajstić information content (AvgIpc) is 2.63. The van der Waals surface area contributed by atoms with Crippen molar-refractivity contribution >= 4 is 6.16 Å². The lowest BCUT2D eigenvalue weighted by Gasteiger charge is -2.20. The van der Waals surface area contributed by atoms with Gasteiger partial charge < -0.3 is 9.47 Å². The van der Waals surface area contributed by atoms with Gasteiger partial charge in [0.2, 0.25) is 0 Å². The van der Waals surface area contributed by atoms with Crippen LogP contribution in [0.5, 0.6) is 0 Å². The second-order valence-corrected chi connectivity index (χ2v) is 3.10. The first-order valence-electron chi connectivity index (χ1n) is 4.32. The molecule has 2 rings (SSSR count). The zero-order chi connectivity index (χ0) is 10.0. The van der Waals surface area contributed by atoms with Crippen molar-refractivity contribution in [3.63, 3.8) is 0 Å². The molecule has 3 nitrogen and oxygen atoms in total. The largest absolute Gasteiger partial charge is 0.509 e. The summed E-state index contributed by atoms with van der Waals surface area (Å²) >= 11 is 0. The molecule has 3 heteroatoms. The molecular weight excluding hydrogens is 180 g/mol. The van der Waals surface area contributed by atoms with Crippen molar-refractivity contribution < 1.29 is 14.3 Å². The predicted octanol–water partition coefficient (Wildman–Crippen LogP) is 2.23. The Hall–Kier alpha value is -1.77. The van der Waals surface area contributed by atoms with Crippen LogP contribution in [0.2, 0.25) is 0 Å². The van der Waals surface area contributed by atoms with Gasteiger partial charge in [-0.15, -0.1) is 0 Å². The third kappa shape index (κ3) is 1.27. The minimum absolute atomic E-state index is 0.194. The van der Waals surface area contributed by atoms with Gasteiger partial charge in [0.15, 0.2) is 5.60 Å². The summed E-state index contributed by atoms with van der Waals surface area (Å²) in [6.07, 6.45) is 0.946. The number of carbonyl (C=O) groups excluding carboxylic acids is 1. The van der Waals surface area contributed by atoms with Crippen LogP contribution in [0, 0.1) is 0 Å². The number of hydrogen-bond donors (Lipinski definition) is 0. The zero-order valence-electron chi connectivity index (χ0n) is 7.60. The molecule has 1 fully saturated rings. The van der Waals surface area contributed by atoms with Gasteiger partial charge in [-0.05, 0) is 6.08 Å². The van der Waals surface area contributed by atoms with Crippen LogP contribution in [0.4, 0.5) is 4.79 Å². The SMILES string of the molecule is C=C[C@@]1(c2ccccc2)COC(=O)O1. The Kier molecular flexibility index (Phi) is 2.00. The molecule has 1 saturated heterocycles. The van der Waals surface area contributed by atoms with E-state index in [-0.39, 0.29) is 6.61 Å². The fourth-order valence-corrected chi connectivity index (χ4v) is 1.45. The molecule has 0 saturated carbocycles. The molecule has 0 amide bonds. The van der Waals surface area contributed by atoms with E-state index in [1.54, 1.807) is 6.08 Å². The lowest BCUT2D eigenvalue weighted by Crippen LogP contribution is -2.25. The monoisotopic (exact) mass is 190 g/mol. The molecule has 14 heavy (non-hydrogen) atoms. The van der Waals surface area contributed by atoms with Gasteiger partial charge >= 0.3 is 6.16 Å². The van der Waals surface area contributed by atoms with Gasteiger partial charge in [0, 0.05) is 5.56 Å². The van der Waals surface area contributed by atoms with Gasteiger partial charge in [-0.25, -0.2) is 4.79 Å². The number of rotatable bonds is 2. The first kappa shape index (κ1) is 8.81. The van der Waals surface area contributed by atoms with Gasteiger partial charge in [-0.2, -0.15) is 0 Å². The molecule has 1 aliphatic rings. The Morgan fingerprint density at radius 3 is 2.57 bits per heavy atom. The van der Waals surface area contributed by atoms with E-state index in [0.717, 1.165) is 5.56 Å². The Balaban J connectivity index is 2.39. The number of hydrogen-bond acceptors (Lipinski definition) is 3. The molecule has 1 heterocycles. The topological polar surface area (TPSA) is 35.5 Å². The van der Waals surface area contributed by atoms with E-state index in [0.29, 0.717) is 0 Å². The van der Waals surface area contributed by atoms with Gasteiger partial charge in [0.25, 0.3) is 0 Å². The molecule has 0 bridgehead atoms. The van der Waals surface area contributed by atoms with E-state index in [4.69, 9.17) is 9.47 Å². The highest BCUT2D eigenvalue weighted by Crippen LogP contribution is 2.32. The molecule has 0 N–H and O–H groups in total. The van der Waals surface area contributed by atoms with Crippen molar-refractivity contribution in [2.75, 3.05) is 6.61 Å². The van der Waals surface area contributed by atoms with E-state index in [1.807, 2.05) is 30.3 Å². The van der Waals surface area contributed by atoms with Crippen LogP contribution in [-0.4, -0.2) is 12.8 Å². The minimum Gasteiger partial charge on any atom is -0.429 e. The summed E-state index contributed by atoms with van der Waals surface area (Å²) < 4.78 is 9.89. The predicted molar refractivity (Wildman–Crippen MR) is 50.8 cm³/mol. The highest BCUT2D eigenvalue weighted by atomic mass is 16.8. The summed E-state index contributed by atoms with van der Waals surface area (Å²) in [5, 5.41) is 0. The van der Waals surface area contributed by atoms with Crippen molar-refractivity contribution in [2.45, 2.75) is 5.60 Å². The Morgan fingerprint density at radius 1 is 1.36 bits per heavy atom. The van der Waals surface area contributed by atoms with Crippen LogP contribution in [0.15, 0.2) is 43.0 Å². The van der Waals surface area contributed by atoms with Gasteiger partial charge in [0.1, 0.15) is 6.61 Å². The third-order valence-corrected chi connectivity index (χ3v) is 2.26. The molecule has 0 aliphatic carbocycles. The first-order chi connectivity index (χ1) is 6.77. The van der Waals surface area contributed by atoms with Crippen molar-refractivity contribution in [3.05, 3.63) is 48.6 Å². The van der Waals surface area contributed by atoms with E-state index in [2.05, 4.69) is 6.58 Å². The van der Waals surface area contributed by atoms with Crippen molar-refractivity contribution in [3.8, 4) is 0 Å². The van der Waals surface area contributed by atoms with Crippen LogP contribution in [0.25, 0.3) is 0 Å². The zero-order valence-corrected chi connectivity index (χ0v) is 7.60. The van der Waals surface area contributed by atoms with Crippen LogP contribution in [0.3, 0.4) is 0 Å². The fraction of sp³-hybridized carbons (Fsp3) is 0.182. The maximum atomic E-state index is 10.9. The fourth-order valence-electron chi connectivity index (χ4n) is 1.45. The van der Waals surface area contributed by atoms with Gasteiger partial charge in [0.05, 0.1) is 0 Å². The van der Waals surface area contributed by atoms with Gasteiger partial charge in [-0.1, -0.05) is 36.9 Å². The summed E-state index contributed by atoms with van der Waals surface area (Å²) in [6, 6.07) is 9.42. The number of carbonyl (C=O) groups is 1. The van der Waals surface area contributed by atoms with Gasteiger partial charge in [-0.3, -0.25) is 0 Å². The van der Waals surface area contributed by atoms with Crippen molar-refractivity contribution in [2.24, 2.45) is 0 Å². The summed E-state index contributed by atoms with van der Waals surface area (Å²) in [5.74, 6) is 0. The Bertz CT molecular complexity index is 358. The molecule has 1 aromatic carbocycles. The molecule has 1 aromatic rings. The number of cyclic esters (lactones) is 2. The van der Waals surface area contributed by atoms with Crippen molar-refractivity contribution in [1.29, 1.82) is 0 Å². The average molecular weight is 190 g/mol. The van der Waals surface area contributed by atoms with Crippen LogP contribution in [0.1, 0.15) is 5.56 Å². The van der Waals surface area contributed by atoms with E-state index >= 15 is 0 Å². The summed E-state index contributed by atoms with van der Waals surface area (Å²) in [6.45, 7) is 3.86. The maximum absolute atomic E-state index is 10.9. The smallest absolute Gasteiger partial charge is 0.429 e. The first-order valence-corrected chi connectivity index (χ1v) is 4.32. The van der Waals surface area contributed by atoms with E-state index in [9.17, 15) is 4.79 Å². The van der Waals surface area contributed by atoms with Crippen LogP contribution >= 0.6 is 0 Å². The molecule has 1 aliphatic heterocycles. The van der Waals surface area contributed by atoms with Crippen molar-refractivity contribution in [1.82, 2.24) is 0 Å². The summed E-state index contributed by atoms with van der Waals surface area (Å²) in [7, 11) is 0. The molecule has 0 unspecified atom stereocenters. The standard InChI is InChI=1S/C11H10O3/c1-2-11(8-13-10(12)14-11)9-6-4-3-5-7-9/h2-7H,1,8H2/t11-/m0/s1. The molecule has 0 radical (unpaired) electrons. The quantitative estimate of drug-likeness (QED) is 0.530. The van der Waals surface area contributed by atoms with Crippen LogP contribution < -0.4 is 0 Å². The van der Waals surface area contributed by atoms with E-state index in [1.165, 1.54) is 0 Å². The maximum Gasteiger partial charge on any atom is 0.509 e. The summed E-state index contributed by atoms with van der Waals surface area (Å²) in [4.78, 5) is 10.9. The second kappa shape index (κ2) is 3.18.